The molecule has 140 valence electrons. The van der Waals surface area contributed by atoms with Gasteiger partial charge in [0.1, 0.15) is 5.76 Å². The van der Waals surface area contributed by atoms with Gasteiger partial charge >= 0.3 is 0 Å². The summed E-state index contributed by atoms with van der Waals surface area (Å²) in [5.74, 6) is 4.15. The molecule has 4 saturated carbocycles. The Kier molecular flexibility index (Phi) is 3.48. The van der Waals surface area contributed by atoms with Gasteiger partial charge in [0.25, 0.3) is 5.91 Å². The Hall–Kier alpha value is -1.58. The molecule has 4 nitrogen and oxygen atoms in total. The highest BCUT2D eigenvalue weighted by molar-refractivity contribution is 6.03. The molecule has 4 heteroatoms. The predicted octanol–water partition coefficient (Wildman–Crippen LogP) is 4.30. The van der Waals surface area contributed by atoms with Crippen LogP contribution in [-0.2, 0) is 6.42 Å². The van der Waals surface area contributed by atoms with E-state index in [0.29, 0.717) is 41.4 Å². The number of ketones is 1. The fourth-order valence-corrected chi connectivity index (χ4v) is 6.68. The van der Waals surface area contributed by atoms with Gasteiger partial charge in [-0.05, 0) is 68.1 Å². The first kappa shape index (κ1) is 16.6. The van der Waals surface area contributed by atoms with E-state index in [0.717, 1.165) is 23.8 Å². The zero-order valence-corrected chi connectivity index (χ0v) is 16.1. The summed E-state index contributed by atoms with van der Waals surface area (Å²) in [4.78, 5) is 25.6. The Balaban J connectivity index is 1.39. The molecule has 1 heterocycles. The van der Waals surface area contributed by atoms with E-state index in [1.807, 2.05) is 6.92 Å². The van der Waals surface area contributed by atoms with Crippen molar-refractivity contribution in [2.24, 2.45) is 29.1 Å². The molecule has 0 aromatic carbocycles. The lowest BCUT2D eigenvalue weighted by molar-refractivity contribution is -0.0123. The Bertz CT molecular complexity index is 760. The van der Waals surface area contributed by atoms with E-state index in [1.54, 1.807) is 0 Å². The number of carbonyl (C=O) groups is 2. The number of nitrogens with one attached hydrogen (secondary N) is 1. The van der Waals surface area contributed by atoms with Gasteiger partial charge in [-0.25, -0.2) is 0 Å². The van der Waals surface area contributed by atoms with Gasteiger partial charge in [0, 0.05) is 24.4 Å². The van der Waals surface area contributed by atoms with Gasteiger partial charge in [-0.1, -0.05) is 13.8 Å². The van der Waals surface area contributed by atoms with E-state index in [2.05, 4.69) is 19.2 Å². The van der Waals surface area contributed by atoms with Crippen LogP contribution in [0.2, 0.25) is 0 Å². The maximum atomic E-state index is 13.0. The van der Waals surface area contributed by atoms with E-state index in [-0.39, 0.29) is 17.1 Å². The van der Waals surface area contributed by atoms with E-state index < -0.39 is 0 Å². The number of Topliss-reactive ketones (excluding diaryl/α,β-unsaturated/α-hetero) is 1. The molecule has 0 radical (unpaired) electrons. The van der Waals surface area contributed by atoms with Crippen LogP contribution in [-0.4, -0.2) is 17.7 Å². The number of hydrogen-bond donors (Lipinski definition) is 1. The van der Waals surface area contributed by atoms with Crippen LogP contribution in [0, 0.1) is 36.0 Å². The second kappa shape index (κ2) is 5.46. The molecule has 0 spiro atoms. The van der Waals surface area contributed by atoms with Crippen molar-refractivity contribution in [3.63, 3.8) is 0 Å². The van der Waals surface area contributed by atoms with Crippen LogP contribution in [0.3, 0.4) is 0 Å². The topological polar surface area (TPSA) is 59.3 Å². The van der Waals surface area contributed by atoms with Crippen molar-refractivity contribution in [1.29, 1.82) is 0 Å². The van der Waals surface area contributed by atoms with Crippen LogP contribution in [0.1, 0.15) is 84.6 Å². The second-order valence-corrected chi connectivity index (χ2v) is 10.2. The highest BCUT2D eigenvalue weighted by Crippen LogP contribution is 2.53. The first-order valence-corrected chi connectivity index (χ1v) is 10.3. The highest BCUT2D eigenvalue weighted by Gasteiger charge is 2.49. The van der Waals surface area contributed by atoms with Crippen molar-refractivity contribution in [2.75, 3.05) is 0 Å². The molecule has 6 rings (SSSR count). The van der Waals surface area contributed by atoms with Crippen molar-refractivity contribution in [2.45, 2.75) is 71.8 Å². The van der Waals surface area contributed by atoms with Gasteiger partial charge in [-0.2, -0.15) is 0 Å². The first-order valence-electron chi connectivity index (χ1n) is 10.3. The van der Waals surface area contributed by atoms with E-state index in [9.17, 15) is 9.59 Å². The predicted molar refractivity (Wildman–Crippen MR) is 98.2 cm³/mol. The van der Waals surface area contributed by atoms with Gasteiger partial charge in [0.2, 0.25) is 0 Å². The summed E-state index contributed by atoms with van der Waals surface area (Å²) < 4.78 is 5.97. The number of fused-ring (bicyclic) bond motifs is 1. The van der Waals surface area contributed by atoms with Gasteiger partial charge in [-0.15, -0.1) is 0 Å². The molecular weight excluding hydrogens is 326 g/mol. The van der Waals surface area contributed by atoms with Crippen molar-refractivity contribution in [3.8, 4) is 0 Å². The van der Waals surface area contributed by atoms with E-state index in [4.69, 9.17) is 4.42 Å². The smallest absolute Gasteiger partial charge is 0.287 e. The van der Waals surface area contributed by atoms with Crippen LogP contribution >= 0.6 is 0 Å². The van der Waals surface area contributed by atoms with Crippen LogP contribution in [0.15, 0.2) is 4.42 Å². The maximum Gasteiger partial charge on any atom is 0.287 e. The lowest BCUT2D eigenvalue weighted by Crippen LogP contribution is -2.55. The van der Waals surface area contributed by atoms with Gasteiger partial charge in [0.15, 0.2) is 11.5 Å². The average molecular weight is 355 g/mol. The molecule has 5 aliphatic carbocycles. The Morgan fingerprint density at radius 3 is 2.27 bits per heavy atom. The van der Waals surface area contributed by atoms with Crippen LogP contribution < -0.4 is 5.32 Å². The molecule has 1 amide bonds. The third kappa shape index (κ3) is 2.48. The normalized spacial score (nSPS) is 36.9. The summed E-state index contributed by atoms with van der Waals surface area (Å²) in [7, 11) is 0. The molecule has 1 aromatic rings. The fraction of sp³-hybridized carbons (Fsp3) is 0.727. The molecule has 5 aliphatic rings. The van der Waals surface area contributed by atoms with Crippen molar-refractivity contribution >= 4 is 11.7 Å². The number of carbonyl (C=O) groups excluding carboxylic acids is 2. The lowest BCUT2D eigenvalue weighted by Gasteiger charge is -2.54. The zero-order valence-electron chi connectivity index (χ0n) is 16.1. The van der Waals surface area contributed by atoms with Crippen molar-refractivity contribution in [1.82, 2.24) is 5.32 Å². The molecule has 26 heavy (non-hydrogen) atoms. The van der Waals surface area contributed by atoms with Crippen LogP contribution in [0.4, 0.5) is 0 Å². The average Bonchev–Trinajstić information content (AvgIpc) is 2.85. The first-order chi connectivity index (χ1) is 12.3. The van der Waals surface area contributed by atoms with Crippen molar-refractivity contribution in [3.05, 3.63) is 22.6 Å². The number of furan rings is 1. The van der Waals surface area contributed by atoms with Gasteiger partial charge < -0.3 is 9.73 Å². The summed E-state index contributed by atoms with van der Waals surface area (Å²) in [6.45, 7) is 6.03. The summed E-state index contributed by atoms with van der Waals surface area (Å²) in [5, 5.41) is 3.32. The third-order valence-corrected chi connectivity index (χ3v) is 7.51. The molecule has 1 N–H and O–H groups in total. The Labute approximate surface area is 155 Å². The fourth-order valence-electron chi connectivity index (χ4n) is 6.68. The zero-order chi connectivity index (χ0) is 18.2. The minimum Gasteiger partial charge on any atom is -0.455 e. The molecule has 4 fully saturated rings. The Morgan fingerprint density at radius 1 is 1.04 bits per heavy atom. The standard InChI is InChI=1S/C22H29NO3/c1-11-18-16(24)9-22(2,3)10-17(18)26-20(11)21(25)23-19-14-5-12-4-13(7-14)8-15(19)6-12/h12-15,19H,4-10H2,1-3H3,(H,23,25). The van der Waals surface area contributed by atoms with Gasteiger partial charge in [0.05, 0.1) is 5.56 Å². The molecular formula is C22H29NO3. The molecule has 1 aromatic heterocycles. The SMILES string of the molecule is Cc1c(C(=O)NC2C3CC4CC(C3)CC2C4)oc2c1C(=O)CC(C)(C)C2. The Morgan fingerprint density at radius 2 is 1.65 bits per heavy atom. The largest absolute Gasteiger partial charge is 0.455 e. The third-order valence-electron chi connectivity index (χ3n) is 7.51. The van der Waals surface area contributed by atoms with Gasteiger partial charge in [-0.3, -0.25) is 9.59 Å². The van der Waals surface area contributed by atoms with Crippen molar-refractivity contribution < 1.29 is 14.0 Å². The second-order valence-electron chi connectivity index (χ2n) is 10.2. The molecule has 0 atom stereocenters. The number of amides is 1. The summed E-state index contributed by atoms with van der Waals surface area (Å²) in [5.41, 5.74) is 1.31. The molecule has 0 aliphatic heterocycles. The molecule has 0 unspecified atom stereocenters. The highest BCUT2D eigenvalue weighted by atomic mass is 16.4. The monoisotopic (exact) mass is 355 g/mol. The van der Waals surface area contributed by atoms with Crippen LogP contribution in [0.5, 0.6) is 0 Å². The number of hydrogen-bond acceptors (Lipinski definition) is 3. The van der Waals surface area contributed by atoms with E-state index >= 15 is 0 Å². The van der Waals surface area contributed by atoms with E-state index in [1.165, 1.54) is 32.1 Å². The quantitative estimate of drug-likeness (QED) is 0.860. The maximum absolute atomic E-state index is 13.0. The molecule has 0 saturated heterocycles. The summed E-state index contributed by atoms with van der Waals surface area (Å²) in [6.07, 6.45) is 7.76. The van der Waals surface area contributed by atoms with Crippen LogP contribution in [0.25, 0.3) is 0 Å². The summed E-state index contributed by atoms with van der Waals surface area (Å²) in [6, 6.07) is 0.295. The lowest BCUT2D eigenvalue weighted by atomic mass is 9.54. The molecule has 4 bridgehead atoms. The summed E-state index contributed by atoms with van der Waals surface area (Å²) >= 11 is 0. The number of rotatable bonds is 2. The minimum absolute atomic E-state index is 0.0937. The minimum atomic E-state index is -0.111.